The molecule has 1 aromatic heterocycles. The number of hydrogen-bond donors (Lipinski definition) is 1. The van der Waals surface area contributed by atoms with E-state index in [1.165, 1.54) is 96.0 Å². The van der Waals surface area contributed by atoms with E-state index in [0.29, 0.717) is 6.54 Å². The van der Waals surface area contributed by atoms with Crippen LogP contribution in [0.5, 0.6) is 5.75 Å². The Morgan fingerprint density at radius 2 is 1.25 bits per heavy atom. The molecule has 0 fully saturated rings. The van der Waals surface area contributed by atoms with Crippen molar-refractivity contribution in [2.24, 2.45) is 0 Å². The second-order valence-electron chi connectivity index (χ2n) is 7.99. The number of unbranched alkanes of at least 4 members (excludes halogenated alkanes) is 15. The number of aromatic nitrogens is 1. The summed E-state index contributed by atoms with van der Waals surface area (Å²) in [6.07, 6.45) is 22.9. The van der Waals surface area contributed by atoms with Gasteiger partial charge in [-0.2, -0.15) is 5.26 Å². The largest absolute Gasteiger partial charge is 0.502 e. The highest BCUT2D eigenvalue weighted by atomic mass is 16.3. The van der Waals surface area contributed by atoms with Gasteiger partial charge in [-0.25, -0.2) is 0 Å². The monoisotopic (exact) mass is 388 g/mol. The molecule has 158 valence electrons. The van der Waals surface area contributed by atoms with Crippen LogP contribution in [0.4, 0.5) is 0 Å². The lowest BCUT2D eigenvalue weighted by Crippen LogP contribution is -2.10. The van der Waals surface area contributed by atoms with Crippen molar-refractivity contribution >= 4 is 0 Å². The van der Waals surface area contributed by atoms with Gasteiger partial charge in [-0.05, 0) is 6.42 Å². The van der Waals surface area contributed by atoms with Gasteiger partial charge in [-0.1, -0.05) is 103 Å². The molecule has 4 heteroatoms. The highest BCUT2D eigenvalue weighted by Gasteiger charge is 2.08. The standard InChI is InChI=1S/C24H40N2O2/c1-2-3-4-5-6-7-8-9-10-11-12-13-14-15-16-17-19-26-20-18-23(27)24(28)22(26)21-25/h18,20,28H,2-17,19H2,1H3. The molecule has 0 spiro atoms. The van der Waals surface area contributed by atoms with Crippen molar-refractivity contribution in [1.29, 1.82) is 5.26 Å². The number of hydrogen-bond acceptors (Lipinski definition) is 3. The van der Waals surface area contributed by atoms with Gasteiger partial charge in [-0.15, -0.1) is 0 Å². The summed E-state index contributed by atoms with van der Waals surface area (Å²) in [6, 6.07) is 3.24. The summed E-state index contributed by atoms with van der Waals surface area (Å²) < 4.78 is 1.68. The van der Waals surface area contributed by atoms with Crippen molar-refractivity contribution < 1.29 is 5.11 Å². The van der Waals surface area contributed by atoms with E-state index in [1.807, 2.05) is 6.07 Å². The van der Waals surface area contributed by atoms with E-state index in [2.05, 4.69) is 6.92 Å². The molecule has 1 aromatic rings. The Balaban J connectivity index is 1.92. The lowest BCUT2D eigenvalue weighted by Gasteiger charge is -2.09. The number of aromatic hydroxyl groups is 1. The van der Waals surface area contributed by atoms with E-state index in [-0.39, 0.29) is 5.69 Å². The zero-order valence-electron chi connectivity index (χ0n) is 17.9. The third kappa shape index (κ3) is 10.5. The Labute approximate surface area is 171 Å². The van der Waals surface area contributed by atoms with Gasteiger partial charge in [0.25, 0.3) is 0 Å². The van der Waals surface area contributed by atoms with Crippen LogP contribution in [0.2, 0.25) is 0 Å². The highest BCUT2D eigenvalue weighted by molar-refractivity contribution is 5.36. The topological polar surface area (TPSA) is 66.0 Å². The predicted octanol–water partition coefficient (Wildman–Crippen LogP) is 6.69. The molecule has 0 atom stereocenters. The zero-order chi connectivity index (χ0) is 20.5. The minimum atomic E-state index is -0.486. The summed E-state index contributed by atoms with van der Waals surface area (Å²) in [7, 11) is 0. The molecule has 4 nitrogen and oxygen atoms in total. The maximum Gasteiger partial charge on any atom is 0.224 e. The van der Waals surface area contributed by atoms with E-state index in [4.69, 9.17) is 5.26 Å². The molecule has 0 aliphatic heterocycles. The fourth-order valence-electron chi connectivity index (χ4n) is 3.70. The van der Waals surface area contributed by atoms with Crippen molar-refractivity contribution in [3.63, 3.8) is 0 Å². The Kier molecular flexibility index (Phi) is 14.1. The van der Waals surface area contributed by atoms with Crippen molar-refractivity contribution in [3.8, 4) is 11.8 Å². The molecule has 1 rings (SSSR count). The molecule has 0 saturated heterocycles. The molecule has 28 heavy (non-hydrogen) atoms. The summed E-state index contributed by atoms with van der Waals surface area (Å²) in [5.41, 5.74) is -0.409. The maximum atomic E-state index is 11.4. The molecule has 0 bridgehead atoms. The van der Waals surface area contributed by atoms with Crippen LogP contribution < -0.4 is 5.43 Å². The molecule has 0 saturated carbocycles. The molecular formula is C24H40N2O2. The normalized spacial score (nSPS) is 10.9. The van der Waals surface area contributed by atoms with E-state index >= 15 is 0 Å². The Morgan fingerprint density at radius 3 is 1.68 bits per heavy atom. The number of pyridine rings is 1. The average Bonchev–Trinajstić information content (AvgIpc) is 2.70. The molecule has 0 aromatic carbocycles. The van der Waals surface area contributed by atoms with Crippen molar-refractivity contribution in [2.75, 3.05) is 0 Å². The smallest absolute Gasteiger partial charge is 0.224 e. The van der Waals surface area contributed by atoms with Gasteiger partial charge in [0, 0.05) is 18.8 Å². The molecule has 0 aliphatic rings. The van der Waals surface area contributed by atoms with Crippen LogP contribution in [-0.2, 0) is 6.54 Å². The van der Waals surface area contributed by atoms with Gasteiger partial charge < -0.3 is 9.67 Å². The Morgan fingerprint density at radius 1 is 0.821 bits per heavy atom. The van der Waals surface area contributed by atoms with Crippen LogP contribution in [-0.4, -0.2) is 9.67 Å². The summed E-state index contributed by atoms with van der Waals surface area (Å²) >= 11 is 0. The van der Waals surface area contributed by atoms with Gasteiger partial charge in [0.2, 0.25) is 5.43 Å². The summed E-state index contributed by atoms with van der Waals surface area (Å²) in [6.45, 7) is 2.95. The maximum absolute atomic E-state index is 11.4. The van der Waals surface area contributed by atoms with E-state index < -0.39 is 11.2 Å². The third-order valence-corrected chi connectivity index (χ3v) is 5.51. The van der Waals surface area contributed by atoms with Crippen LogP contribution >= 0.6 is 0 Å². The van der Waals surface area contributed by atoms with Crippen LogP contribution in [0.15, 0.2) is 17.1 Å². The predicted molar refractivity (Wildman–Crippen MR) is 117 cm³/mol. The van der Waals surface area contributed by atoms with Crippen molar-refractivity contribution in [2.45, 2.75) is 116 Å². The molecule has 1 N–H and O–H groups in total. The lowest BCUT2D eigenvalue weighted by molar-refractivity contribution is 0.453. The first-order valence-corrected chi connectivity index (χ1v) is 11.5. The molecule has 0 aliphatic carbocycles. The Hall–Kier alpha value is -1.76. The van der Waals surface area contributed by atoms with Crippen LogP contribution in [0.3, 0.4) is 0 Å². The quantitative estimate of drug-likeness (QED) is 0.302. The van der Waals surface area contributed by atoms with Gasteiger partial charge in [0.15, 0.2) is 11.4 Å². The fraction of sp³-hybridized carbons (Fsp3) is 0.750. The summed E-state index contributed by atoms with van der Waals surface area (Å²) in [5, 5.41) is 18.7. The Bertz CT molecular complexity index is 616. The van der Waals surface area contributed by atoms with Crippen molar-refractivity contribution in [1.82, 2.24) is 4.57 Å². The first-order valence-electron chi connectivity index (χ1n) is 11.5. The second-order valence-corrected chi connectivity index (χ2v) is 7.99. The minimum absolute atomic E-state index is 0.0773. The molecular weight excluding hydrogens is 348 g/mol. The molecule has 0 radical (unpaired) electrons. The average molecular weight is 389 g/mol. The number of nitrogens with zero attached hydrogens (tertiary/aromatic N) is 2. The van der Waals surface area contributed by atoms with Crippen LogP contribution in [0.1, 0.15) is 115 Å². The van der Waals surface area contributed by atoms with Gasteiger partial charge >= 0.3 is 0 Å². The molecule has 0 unspecified atom stereocenters. The second kappa shape index (κ2) is 16.2. The third-order valence-electron chi connectivity index (χ3n) is 5.51. The lowest BCUT2D eigenvalue weighted by atomic mass is 10.0. The van der Waals surface area contributed by atoms with E-state index in [1.54, 1.807) is 10.8 Å². The van der Waals surface area contributed by atoms with Gasteiger partial charge in [0.05, 0.1) is 0 Å². The van der Waals surface area contributed by atoms with E-state index in [9.17, 15) is 9.90 Å². The SMILES string of the molecule is CCCCCCCCCCCCCCCCCCn1ccc(=O)c(O)c1C#N. The molecule has 1 heterocycles. The minimum Gasteiger partial charge on any atom is -0.502 e. The highest BCUT2D eigenvalue weighted by Crippen LogP contribution is 2.15. The number of nitriles is 1. The number of aryl methyl sites for hydroxylation is 1. The van der Waals surface area contributed by atoms with E-state index in [0.717, 1.165) is 12.8 Å². The van der Waals surface area contributed by atoms with Crippen LogP contribution in [0.25, 0.3) is 0 Å². The van der Waals surface area contributed by atoms with Crippen LogP contribution in [0, 0.1) is 11.3 Å². The van der Waals surface area contributed by atoms with Gasteiger partial charge in [0.1, 0.15) is 6.07 Å². The fourth-order valence-corrected chi connectivity index (χ4v) is 3.70. The van der Waals surface area contributed by atoms with Gasteiger partial charge in [-0.3, -0.25) is 4.79 Å². The zero-order valence-corrected chi connectivity index (χ0v) is 17.9. The first-order chi connectivity index (χ1) is 13.7. The summed E-state index contributed by atoms with van der Waals surface area (Å²) in [4.78, 5) is 11.4. The number of rotatable bonds is 17. The summed E-state index contributed by atoms with van der Waals surface area (Å²) in [5.74, 6) is -0.429. The van der Waals surface area contributed by atoms with Crippen molar-refractivity contribution in [3.05, 3.63) is 28.2 Å². The first kappa shape index (κ1) is 24.3. The molecule has 0 amide bonds.